The Morgan fingerprint density at radius 1 is 0.362 bits per heavy atom. The maximum absolute atomic E-state index is 2.54. The molecule has 0 radical (unpaired) electrons. The molecule has 0 atom stereocenters. The van der Waals surface area contributed by atoms with Gasteiger partial charge in [-0.15, -0.1) is 67.3 Å². The molecule has 0 aliphatic heterocycles. The molecule has 58 heavy (non-hydrogen) atoms. The maximum Gasteiger partial charge on any atom is 4.00 e. The molecule has 8 aromatic carbocycles. The fraction of sp³-hybridized carbons (Fsp3) is 0.214. The third kappa shape index (κ3) is 9.25. The number of unbranched alkanes of at least 4 members (excludes halogenated alkanes) is 6. The largest absolute Gasteiger partial charge is 4.00 e. The Bertz CT molecular complexity index is 2260. The summed E-state index contributed by atoms with van der Waals surface area (Å²) < 4.78 is 0. The average molecular weight is 940 g/mol. The van der Waals surface area contributed by atoms with E-state index in [9.17, 15) is 0 Å². The third-order valence-electron chi connectivity index (χ3n) is 12.1. The van der Waals surface area contributed by atoms with Crippen LogP contribution >= 0.6 is 0 Å². The van der Waals surface area contributed by atoms with Crippen LogP contribution in [0.2, 0.25) is 12.1 Å². The van der Waals surface area contributed by atoms with Crippen LogP contribution in [-0.4, -0.2) is 8.07 Å². The predicted molar refractivity (Wildman–Crippen MR) is 257 cm³/mol. The Kier molecular flexibility index (Phi) is 16.2. The van der Waals surface area contributed by atoms with Crippen LogP contribution in [-0.2, 0) is 25.8 Å². The first-order valence-corrected chi connectivity index (χ1v) is 23.3. The van der Waals surface area contributed by atoms with E-state index >= 15 is 0 Å². The molecule has 0 aliphatic carbocycles. The van der Waals surface area contributed by atoms with Gasteiger partial charge in [-0.05, 0) is 22.3 Å². The van der Waals surface area contributed by atoms with E-state index in [2.05, 4.69) is 184 Å². The molecule has 0 unspecified atom stereocenters. The molecule has 0 heterocycles. The molecule has 0 spiro atoms. The zero-order chi connectivity index (χ0) is 37.5. The summed E-state index contributed by atoms with van der Waals surface area (Å²) in [6.45, 7) is 4.69. The van der Waals surface area contributed by atoms with Gasteiger partial charge >= 0.3 is 25.8 Å². The van der Waals surface area contributed by atoms with Crippen molar-refractivity contribution in [1.29, 1.82) is 0 Å². The van der Waals surface area contributed by atoms with Crippen LogP contribution < -0.4 is 10.4 Å². The molecular formula is C56H60HfSi. The van der Waals surface area contributed by atoms with Gasteiger partial charge in [0.2, 0.25) is 0 Å². The summed E-state index contributed by atoms with van der Waals surface area (Å²) in [6.07, 6.45) is 10.2. The molecule has 0 fully saturated rings. The van der Waals surface area contributed by atoms with Gasteiger partial charge in [-0.1, -0.05) is 234 Å². The van der Waals surface area contributed by atoms with Crippen molar-refractivity contribution in [3.63, 3.8) is 0 Å². The first kappa shape index (κ1) is 44.7. The van der Waals surface area contributed by atoms with E-state index in [-0.39, 0.29) is 40.7 Å². The van der Waals surface area contributed by atoms with Gasteiger partial charge in [-0.25, -0.2) is 0 Å². The Morgan fingerprint density at radius 3 is 1.07 bits per heavy atom. The van der Waals surface area contributed by atoms with E-state index in [1.54, 1.807) is 10.4 Å². The number of fused-ring (bicyclic) bond motifs is 2. The number of rotatable bonds is 16. The number of hydrogen-bond acceptors (Lipinski definition) is 0. The van der Waals surface area contributed by atoms with E-state index < -0.39 is 8.07 Å². The Balaban J connectivity index is 0.00000214. The smallest absolute Gasteiger partial charge is 0.358 e. The summed E-state index contributed by atoms with van der Waals surface area (Å²) in [5.41, 5.74) is 10.7. The molecule has 8 aromatic rings. The zero-order valence-electron chi connectivity index (χ0n) is 35.2. The maximum atomic E-state index is 2.54. The van der Waals surface area contributed by atoms with E-state index in [1.165, 1.54) is 130 Å². The second-order valence-corrected chi connectivity index (χ2v) is 19.8. The van der Waals surface area contributed by atoms with Crippen LogP contribution in [0.15, 0.2) is 170 Å². The monoisotopic (exact) mass is 940 g/mol. The molecule has 2 heteroatoms. The molecule has 0 nitrogen and oxygen atoms in total. The molecule has 0 amide bonds. The second kappa shape index (κ2) is 21.1. The molecule has 0 saturated heterocycles. The van der Waals surface area contributed by atoms with Crippen LogP contribution in [0, 0.1) is 14.9 Å². The minimum atomic E-state index is -2.48. The van der Waals surface area contributed by atoms with Crippen molar-refractivity contribution in [2.45, 2.75) is 77.3 Å². The molecular weight excluding hydrogens is 879 g/mol. The van der Waals surface area contributed by atoms with Crippen molar-refractivity contribution < 1.29 is 25.8 Å². The van der Waals surface area contributed by atoms with Crippen molar-refractivity contribution >= 4 is 40.0 Å². The minimum absolute atomic E-state index is 0. The third-order valence-corrected chi connectivity index (χ3v) is 17.5. The van der Waals surface area contributed by atoms with Crippen LogP contribution in [0.1, 0.15) is 65.2 Å². The van der Waals surface area contributed by atoms with Gasteiger partial charge in [-0.3, -0.25) is 0 Å². The summed E-state index contributed by atoms with van der Waals surface area (Å²) in [7, 11) is -2.48. The number of hydrogen-bond donors (Lipinski definition) is 0. The van der Waals surface area contributed by atoms with Crippen LogP contribution in [0.5, 0.6) is 0 Å². The Labute approximate surface area is 369 Å². The van der Waals surface area contributed by atoms with Crippen LogP contribution in [0.4, 0.5) is 0 Å². The summed E-state index contributed by atoms with van der Waals surface area (Å²) in [5, 5.41) is 9.03. The van der Waals surface area contributed by atoms with Gasteiger partial charge in [0.25, 0.3) is 0 Å². The molecule has 0 bridgehead atoms. The van der Waals surface area contributed by atoms with E-state index in [0.717, 1.165) is 0 Å². The summed E-state index contributed by atoms with van der Waals surface area (Å²) in [4.78, 5) is 0. The second-order valence-electron chi connectivity index (χ2n) is 15.6. The minimum Gasteiger partial charge on any atom is -0.358 e. The Morgan fingerprint density at radius 2 is 0.690 bits per heavy atom. The topological polar surface area (TPSA) is 0 Å². The van der Waals surface area contributed by atoms with Crippen molar-refractivity contribution in [3.8, 4) is 44.5 Å². The predicted octanol–water partition coefficient (Wildman–Crippen LogP) is 15.7. The SMILES string of the molecule is CCCCCC[Si](CCCCCC)(c1c(-c2ccc(-c3ccccc3)cc2)[cH-]c2ccccc12)c1c(-c2ccc(-c3ccccc3)cc2)[cH-]c2ccccc12.[CH3-].[CH3-].[Hf+4]. The fourth-order valence-corrected chi connectivity index (χ4v) is 15.5. The van der Waals surface area contributed by atoms with E-state index in [1.807, 2.05) is 0 Å². The van der Waals surface area contributed by atoms with Crippen molar-refractivity contribution in [2.75, 3.05) is 0 Å². The summed E-state index contributed by atoms with van der Waals surface area (Å²) in [5.74, 6) is 0. The van der Waals surface area contributed by atoms with Gasteiger partial charge in [0.1, 0.15) is 0 Å². The van der Waals surface area contributed by atoms with Gasteiger partial charge < -0.3 is 14.9 Å². The molecule has 0 aliphatic rings. The van der Waals surface area contributed by atoms with Crippen molar-refractivity contribution in [1.82, 2.24) is 0 Å². The molecule has 0 saturated carbocycles. The van der Waals surface area contributed by atoms with Crippen LogP contribution in [0.3, 0.4) is 0 Å². The first-order chi connectivity index (χ1) is 27.2. The van der Waals surface area contributed by atoms with Crippen molar-refractivity contribution in [3.05, 3.63) is 185 Å². The normalized spacial score (nSPS) is 11.2. The number of benzene rings is 6. The molecule has 0 N–H and O–H groups in total. The quantitative estimate of drug-likeness (QED) is 0.0514. The molecule has 8 rings (SSSR count). The fourth-order valence-electron chi connectivity index (χ4n) is 9.34. The molecule has 0 aromatic heterocycles. The first-order valence-electron chi connectivity index (χ1n) is 20.9. The van der Waals surface area contributed by atoms with Gasteiger partial charge in [0, 0.05) is 8.07 Å². The van der Waals surface area contributed by atoms with Crippen LogP contribution in [0.25, 0.3) is 66.1 Å². The van der Waals surface area contributed by atoms with E-state index in [0.29, 0.717) is 0 Å². The average Bonchev–Trinajstić information content (AvgIpc) is 3.84. The van der Waals surface area contributed by atoms with Gasteiger partial charge in [0.15, 0.2) is 0 Å². The Hall–Kier alpha value is -4.37. The van der Waals surface area contributed by atoms with Crippen molar-refractivity contribution in [2.24, 2.45) is 0 Å². The standard InChI is InChI=1S/C54H54Si.2CH3.Hf/c1-3-5-7-19-37-55(38-20-8-6-4-2,53-49-27-17-15-25-47(49)39-51(53)45-33-29-43(30-34-45)41-21-11-9-12-22-41)54-50-28-18-16-26-48(50)40-52(54)46-35-31-44(32-36-46)42-23-13-10-14-24-42;;;/h9-18,21-36,39-40H,3-8,19-20,37-38H2,1-2H3;2*1H3;/q-2;2*-1;+4. The van der Waals surface area contributed by atoms with E-state index in [4.69, 9.17) is 0 Å². The summed E-state index contributed by atoms with van der Waals surface area (Å²) >= 11 is 0. The van der Waals surface area contributed by atoms with Gasteiger partial charge in [0.05, 0.1) is 0 Å². The summed E-state index contributed by atoms with van der Waals surface area (Å²) in [6, 6.07) is 66.9. The zero-order valence-corrected chi connectivity index (χ0v) is 39.8. The molecule has 292 valence electrons. The van der Waals surface area contributed by atoms with Gasteiger partial charge in [-0.2, -0.15) is 0 Å².